The van der Waals surface area contributed by atoms with E-state index in [9.17, 15) is 4.79 Å². The van der Waals surface area contributed by atoms with E-state index in [-0.39, 0.29) is 12.1 Å². The van der Waals surface area contributed by atoms with Crippen molar-refractivity contribution < 1.29 is 9.53 Å². The zero-order chi connectivity index (χ0) is 12.7. The molecule has 0 saturated carbocycles. The van der Waals surface area contributed by atoms with Crippen LogP contribution >= 0.6 is 0 Å². The number of carbonyl (C=O) groups is 1. The van der Waals surface area contributed by atoms with Crippen LogP contribution in [0.15, 0.2) is 30.3 Å². The Balaban J connectivity index is 2.29. The smallest absolute Gasteiger partial charge is 0.407 e. The van der Waals surface area contributed by atoms with Gasteiger partial charge in [-0.15, -0.1) is 0 Å². The predicted octanol–water partition coefficient (Wildman–Crippen LogP) is 3.00. The van der Waals surface area contributed by atoms with E-state index < -0.39 is 0 Å². The lowest BCUT2D eigenvalue weighted by Gasteiger charge is -2.14. The monoisotopic (exact) mass is 235 g/mol. The molecule has 1 N–H and O–H groups in total. The highest BCUT2D eigenvalue weighted by Gasteiger charge is 2.09. The molecule has 0 saturated heterocycles. The average Bonchev–Trinajstić information content (AvgIpc) is 2.27. The SMILES string of the molecule is CC(C)COC(=O)N[C@@H](C)Cc1ccccc1. The number of ether oxygens (including phenoxy) is 1. The van der Waals surface area contributed by atoms with E-state index in [1.54, 1.807) is 0 Å². The van der Waals surface area contributed by atoms with Crippen molar-refractivity contribution in [3.05, 3.63) is 35.9 Å². The number of alkyl carbamates (subject to hydrolysis) is 1. The van der Waals surface area contributed by atoms with Crippen LogP contribution in [0.2, 0.25) is 0 Å². The van der Waals surface area contributed by atoms with Gasteiger partial charge in [-0.1, -0.05) is 44.2 Å². The number of carbonyl (C=O) groups excluding carboxylic acids is 1. The Hall–Kier alpha value is -1.51. The third kappa shape index (κ3) is 5.95. The lowest BCUT2D eigenvalue weighted by atomic mass is 10.1. The number of amides is 1. The molecule has 0 bridgehead atoms. The van der Waals surface area contributed by atoms with Crippen molar-refractivity contribution in [2.75, 3.05) is 6.61 Å². The fourth-order valence-corrected chi connectivity index (χ4v) is 1.50. The largest absolute Gasteiger partial charge is 0.449 e. The molecule has 17 heavy (non-hydrogen) atoms. The highest BCUT2D eigenvalue weighted by atomic mass is 16.5. The third-order valence-electron chi connectivity index (χ3n) is 2.30. The van der Waals surface area contributed by atoms with Gasteiger partial charge in [-0.25, -0.2) is 4.79 Å². The molecule has 1 atom stereocenters. The van der Waals surface area contributed by atoms with Gasteiger partial charge >= 0.3 is 6.09 Å². The van der Waals surface area contributed by atoms with Gasteiger partial charge in [0.1, 0.15) is 0 Å². The summed E-state index contributed by atoms with van der Waals surface area (Å²) in [6.07, 6.45) is 0.486. The number of hydrogen-bond acceptors (Lipinski definition) is 2. The number of rotatable bonds is 5. The molecule has 1 rings (SSSR count). The van der Waals surface area contributed by atoms with Gasteiger partial charge in [-0.05, 0) is 24.8 Å². The Kier molecular flexibility index (Phi) is 5.53. The van der Waals surface area contributed by atoms with E-state index in [1.165, 1.54) is 5.56 Å². The number of benzene rings is 1. The molecule has 0 aliphatic heterocycles. The molecule has 0 heterocycles. The van der Waals surface area contributed by atoms with Crippen LogP contribution in [0.1, 0.15) is 26.3 Å². The Morgan fingerprint density at radius 1 is 1.24 bits per heavy atom. The first-order valence-electron chi connectivity index (χ1n) is 6.05. The molecule has 94 valence electrons. The van der Waals surface area contributed by atoms with Crippen LogP contribution in [0.25, 0.3) is 0 Å². The molecule has 0 aliphatic carbocycles. The summed E-state index contributed by atoms with van der Waals surface area (Å²) >= 11 is 0. The van der Waals surface area contributed by atoms with Gasteiger partial charge in [-0.3, -0.25) is 0 Å². The second-order valence-electron chi connectivity index (χ2n) is 4.73. The van der Waals surface area contributed by atoms with E-state index in [0.717, 1.165) is 6.42 Å². The first kappa shape index (κ1) is 13.6. The van der Waals surface area contributed by atoms with Gasteiger partial charge in [-0.2, -0.15) is 0 Å². The fourth-order valence-electron chi connectivity index (χ4n) is 1.50. The Bertz CT molecular complexity index is 335. The molecule has 3 nitrogen and oxygen atoms in total. The molecule has 1 aromatic rings. The minimum absolute atomic E-state index is 0.0806. The van der Waals surface area contributed by atoms with Gasteiger partial charge in [0, 0.05) is 6.04 Å². The number of nitrogens with one attached hydrogen (secondary N) is 1. The standard InChI is InChI=1S/C14H21NO2/c1-11(2)10-17-14(16)15-12(3)9-13-7-5-4-6-8-13/h4-8,11-12H,9-10H2,1-3H3,(H,15,16)/t12-/m0/s1. The molecule has 0 unspecified atom stereocenters. The summed E-state index contributed by atoms with van der Waals surface area (Å²) in [7, 11) is 0. The van der Waals surface area contributed by atoms with Gasteiger partial charge in [0.25, 0.3) is 0 Å². The summed E-state index contributed by atoms with van der Waals surface area (Å²) in [6, 6.07) is 10.2. The van der Waals surface area contributed by atoms with Crippen molar-refractivity contribution >= 4 is 6.09 Å². The topological polar surface area (TPSA) is 38.3 Å². The van der Waals surface area contributed by atoms with E-state index in [2.05, 4.69) is 17.4 Å². The maximum absolute atomic E-state index is 11.4. The van der Waals surface area contributed by atoms with E-state index in [0.29, 0.717) is 12.5 Å². The van der Waals surface area contributed by atoms with Crippen LogP contribution in [0, 0.1) is 5.92 Å². The Labute approximate surface area is 103 Å². The molecule has 0 aliphatic rings. The van der Waals surface area contributed by atoms with Crippen LogP contribution in [0.4, 0.5) is 4.79 Å². The van der Waals surface area contributed by atoms with Crippen LogP contribution in [-0.2, 0) is 11.2 Å². The Morgan fingerprint density at radius 2 is 1.88 bits per heavy atom. The summed E-state index contributed by atoms with van der Waals surface area (Å²) in [5.74, 6) is 0.366. The molecular formula is C14H21NO2. The average molecular weight is 235 g/mol. The molecule has 0 spiro atoms. The first-order chi connectivity index (χ1) is 8.08. The van der Waals surface area contributed by atoms with Crippen LogP contribution in [0.5, 0.6) is 0 Å². The molecule has 0 fully saturated rings. The minimum Gasteiger partial charge on any atom is -0.449 e. The van der Waals surface area contributed by atoms with Crippen molar-refractivity contribution in [2.45, 2.75) is 33.2 Å². The van der Waals surface area contributed by atoms with Crippen molar-refractivity contribution in [2.24, 2.45) is 5.92 Å². The minimum atomic E-state index is -0.331. The van der Waals surface area contributed by atoms with Gasteiger partial charge < -0.3 is 10.1 Å². The lowest BCUT2D eigenvalue weighted by molar-refractivity contribution is 0.130. The van der Waals surface area contributed by atoms with Gasteiger partial charge in [0.2, 0.25) is 0 Å². The van der Waals surface area contributed by atoms with Gasteiger partial charge in [0.05, 0.1) is 6.61 Å². The van der Waals surface area contributed by atoms with E-state index in [4.69, 9.17) is 4.74 Å². The van der Waals surface area contributed by atoms with Crippen molar-refractivity contribution in [1.82, 2.24) is 5.32 Å². The fraction of sp³-hybridized carbons (Fsp3) is 0.500. The van der Waals surface area contributed by atoms with Gasteiger partial charge in [0.15, 0.2) is 0 Å². The molecule has 0 radical (unpaired) electrons. The summed E-state index contributed by atoms with van der Waals surface area (Å²) in [4.78, 5) is 11.4. The molecule has 1 amide bonds. The summed E-state index contributed by atoms with van der Waals surface area (Å²) < 4.78 is 5.06. The van der Waals surface area contributed by atoms with Crippen LogP contribution < -0.4 is 5.32 Å². The normalized spacial score (nSPS) is 12.2. The van der Waals surface area contributed by atoms with Crippen LogP contribution in [0.3, 0.4) is 0 Å². The lowest BCUT2D eigenvalue weighted by Crippen LogP contribution is -2.35. The summed E-state index contributed by atoms with van der Waals surface area (Å²) in [5, 5.41) is 2.82. The number of hydrogen-bond donors (Lipinski definition) is 1. The van der Waals surface area contributed by atoms with Crippen molar-refractivity contribution in [3.8, 4) is 0 Å². The maximum atomic E-state index is 11.4. The molecule has 1 aromatic carbocycles. The second-order valence-corrected chi connectivity index (χ2v) is 4.73. The third-order valence-corrected chi connectivity index (χ3v) is 2.30. The highest BCUT2D eigenvalue weighted by Crippen LogP contribution is 2.03. The molecular weight excluding hydrogens is 214 g/mol. The molecule has 0 aromatic heterocycles. The van der Waals surface area contributed by atoms with Crippen LogP contribution in [-0.4, -0.2) is 18.7 Å². The zero-order valence-electron chi connectivity index (χ0n) is 10.8. The maximum Gasteiger partial charge on any atom is 0.407 e. The summed E-state index contributed by atoms with van der Waals surface area (Å²) in [5.41, 5.74) is 1.21. The second kappa shape index (κ2) is 6.94. The van der Waals surface area contributed by atoms with Crippen molar-refractivity contribution in [3.63, 3.8) is 0 Å². The van der Waals surface area contributed by atoms with E-state index >= 15 is 0 Å². The summed E-state index contributed by atoms with van der Waals surface area (Å²) in [6.45, 7) is 6.47. The predicted molar refractivity (Wildman–Crippen MR) is 68.9 cm³/mol. The van der Waals surface area contributed by atoms with E-state index in [1.807, 2.05) is 39.0 Å². The zero-order valence-corrected chi connectivity index (χ0v) is 10.8. The Morgan fingerprint density at radius 3 is 2.47 bits per heavy atom. The molecule has 3 heteroatoms. The quantitative estimate of drug-likeness (QED) is 0.852. The highest BCUT2D eigenvalue weighted by molar-refractivity contribution is 5.67. The van der Waals surface area contributed by atoms with Crippen molar-refractivity contribution in [1.29, 1.82) is 0 Å². The first-order valence-corrected chi connectivity index (χ1v) is 6.05.